The minimum Gasteiger partial charge on any atom is -0.467 e. The van der Waals surface area contributed by atoms with Crippen LogP contribution >= 0.6 is 0 Å². The lowest BCUT2D eigenvalue weighted by Gasteiger charge is -2.44. The number of para-hydroxylation sites is 1. The van der Waals surface area contributed by atoms with E-state index in [2.05, 4.69) is 10.2 Å². The molecule has 2 amide bonds. The van der Waals surface area contributed by atoms with Gasteiger partial charge in [-0.3, -0.25) is 14.5 Å². The molecule has 1 saturated heterocycles. The van der Waals surface area contributed by atoms with Crippen LogP contribution in [-0.2, 0) is 4.79 Å². The molecule has 2 fully saturated rings. The number of benzene rings is 1. The number of hydrogen-bond donors (Lipinski definition) is 1. The highest BCUT2D eigenvalue weighted by molar-refractivity contribution is 5.98. The topological polar surface area (TPSA) is 61.9 Å². The van der Waals surface area contributed by atoms with Crippen molar-refractivity contribution < 1.29 is 14.3 Å². The van der Waals surface area contributed by atoms with Crippen molar-refractivity contribution in [1.82, 2.24) is 15.1 Å². The third kappa shape index (κ3) is 3.81. The van der Waals surface area contributed by atoms with E-state index in [0.29, 0.717) is 36.7 Å². The van der Waals surface area contributed by atoms with Crippen LogP contribution < -0.4 is 10.1 Å². The Morgan fingerprint density at radius 3 is 2.67 bits per heavy atom. The standard InChI is InChI=1S/C21H29N3O3/c1-23(16-7-3-2-4-8-16)19(25)15-24-13-11-21(12-14-24)22-20(26)17-9-5-6-10-18(17)27-21/h5-6,9-10,16H,2-4,7-8,11-15H2,1H3,(H,22,26). The largest absolute Gasteiger partial charge is 0.467 e. The van der Waals surface area contributed by atoms with Gasteiger partial charge in [0.15, 0.2) is 5.72 Å². The summed E-state index contributed by atoms with van der Waals surface area (Å²) in [7, 11) is 1.95. The van der Waals surface area contributed by atoms with Gasteiger partial charge in [0.1, 0.15) is 5.75 Å². The van der Waals surface area contributed by atoms with Crippen LogP contribution in [0, 0.1) is 0 Å². The van der Waals surface area contributed by atoms with Gasteiger partial charge in [0.05, 0.1) is 12.1 Å². The number of hydrogen-bond acceptors (Lipinski definition) is 4. The summed E-state index contributed by atoms with van der Waals surface area (Å²) in [4.78, 5) is 29.2. The highest BCUT2D eigenvalue weighted by Gasteiger charge is 2.42. The number of nitrogens with one attached hydrogen (secondary N) is 1. The summed E-state index contributed by atoms with van der Waals surface area (Å²) < 4.78 is 6.17. The molecule has 4 rings (SSSR count). The molecule has 0 bridgehead atoms. The molecule has 1 N–H and O–H groups in total. The summed E-state index contributed by atoms with van der Waals surface area (Å²) in [6.45, 7) is 1.94. The molecule has 0 unspecified atom stereocenters. The first-order valence-corrected chi connectivity index (χ1v) is 10.1. The Bertz CT molecular complexity index is 706. The molecule has 3 aliphatic rings. The minimum atomic E-state index is -0.639. The summed E-state index contributed by atoms with van der Waals surface area (Å²) in [6.07, 6.45) is 7.39. The lowest BCUT2D eigenvalue weighted by atomic mass is 9.94. The predicted octanol–water partition coefficient (Wildman–Crippen LogP) is 2.39. The van der Waals surface area contributed by atoms with Crippen LogP contribution in [0.25, 0.3) is 0 Å². The van der Waals surface area contributed by atoms with Gasteiger partial charge in [-0.05, 0) is 25.0 Å². The molecule has 27 heavy (non-hydrogen) atoms. The number of rotatable bonds is 3. The highest BCUT2D eigenvalue weighted by atomic mass is 16.5. The second kappa shape index (κ2) is 7.50. The molecule has 1 spiro atoms. The molecule has 0 radical (unpaired) electrons. The maximum atomic E-state index is 12.7. The van der Waals surface area contributed by atoms with E-state index in [-0.39, 0.29) is 11.8 Å². The number of piperidine rings is 1. The second-order valence-corrected chi connectivity index (χ2v) is 8.12. The Balaban J connectivity index is 1.33. The summed E-state index contributed by atoms with van der Waals surface area (Å²) in [5, 5.41) is 3.05. The third-order valence-corrected chi connectivity index (χ3v) is 6.32. The highest BCUT2D eigenvalue weighted by Crippen LogP contribution is 2.33. The van der Waals surface area contributed by atoms with Crippen molar-refractivity contribution in [2.45, 2.75) is 56.7 Å². The van der Waals surface area contributed by atoms with Gasteiger partial charge in [-0.25, -0.2) is 0 Å². The molecule has 1 aliphatic carbocycles. The van der Waals surface area contributed by atoms with Crippen LogP contribution in [0.1, 0.15) is 55.3 Å². The Kier molecular flexibility index (Phi) is 5.08. The molecule has 6 nitrogen and oxygen atoms in total. The zero-order chi connectivity index (χ0) is 18.9. The van der Waals surface area contributed by atoms with Gasteiger partial charge < -0.3 is 15.0 Å². The molecular formula is C21H29N3O3. The summed E-state index contributed by atoms with van der Waals surface area (Å²) >= 11 is 0. The van der Waals surface area contributed by atoms with E-state index in [1.807, 2.05) is 30.1 Å². The van der Waals surface area contributed by atoms with E-state index < -0.39 is 5.72 Å². The van der Waals surface area contributed by atoms with Gasteiger partial charge in [-0.15, -0.1) is 0 Å². The van der Waals surface area contributed by atoms with E-state index in [9.17, 15) is 9.59 Å². The summed E-state index contributed by atoms with van der Waals surface area (Å²) in [5.74, 6) is 0.790. The van der Waals surface area contributed by atoms with Crippen molar-refractivity contribution in [2.75, 3.05) is 26.7 Å². The number of ether oxygens (including phenoxy) is 1. The second-order valence-electron chi connectivity index (χ2n) is 8.12. The number of nitrogens with zero attached hydrogens (tertiary/aromatic N) is 2. The van der Waals surface area contributed by atoms with Crippen LogP contribution in [0.4, 0.5) is 0 Å². The Morgan fingerprint density at radius 2 is 1.93 bits per heavy atom. The van der Waals surface area contributed by atoms with E-state index >= 15 is 0 Å². The van der Waals surface area contributed by atoms with Gasteiger partial charge in [0.2, 0.25) is 5.91 Å². The number of likely N-dealkylation sites (tertiary alicyclic amines) is 1. The van der Waals surface area contributed by atoms with E-state index in [0.717, 1.165) is 25.9 Å². The van der Waals surface area contributed by atoms with Crippen molar-refractivity contribution in [3.8, 4) is 5.75 Å². The molecular weight excluding hydrogens is 342 g/mol. The number of fused-ring (bicyclic) bond motifs is 1. The molecule has 0 atom stereocenters. The molecule has 2 heterocycles. The SMILES string of the molecule is CN(C(=O)CN1CCC2(CC1)NC(=O)c1ccccc1O2)C1CCCCC1. The molecule has 1 saturated carbocycles. The first kappa shape index (κ1) is 18.3. The summed E-state index contributed by atoms with van der Waals surface area (Å²) in [5.41, 5.74) is -0.0462. The number of amides is 2. The molecule has 1 aromatic rings. The molecule has 146 valence electrons. The third-order valence-electron chi connectivity index (χ3n) is 6.32. The monoisotopic (exact) mass is 371 g/mol. The van der Waals surface area contributed by atoms with Crippen molar-refractivity contribution in [2.24, 2.45) is 0 Å². The number of carbonyl (C=O) groups excluding carboxylic acids is 2. The van der Waals surface area contributed by atoms with Gasteiger partial charge in [0.25, 0.3) is 5.91 Å². The maximum Gasteiger partial charge on any atom is 0.258 e. The normalized spacial score (nSPS) is 22.6. The first-order chi connectivity index (χ1) is 13.1. The molecule has 1 aromatic carbocycles. The van der Waals surface area contributed by atoms with Crippen LogP contribution in [0.15, 0.2) is 24.3 Å². The van der Waals surface area contributed by atoms with Crippen molar-refractivity contribution >= 4 is 11.8 Å². The van der Waals surface area contributed by atoms with Gasteiger partial charge in [0, 0.05) is 39.0 Å². The maximum absolute atomic E-state index is 12.7. The lowest BCUT2D eigenvalue weighted by molar-refractivity contribution is -0.135. The fourth-order valence-corrected chi connectivity index (χ4v) is 4.53. The molecule has 0 aromatic heterocycles. The Morgan fingerprint density at radius 1 is 1.22 bits per heavy atom. The first-order valence-electron chi connectivity index (χ1n) is 10.1. The fourth-order valence-electron chi connectivity index (χ4n) is 4.53. The van der Waals surface area contributed by atoms with Gasteiger partial charge in [-0.1, -0.05) is 31.4 Å². The van der Waals surface area contributed by atoms with E-state index in [1.54, 1.807) is 6.07 Å². The van der Waals surface area contributed by atoms with E-state index in [4.69, 9.17) is 4.74 Å². The predicted molar refractivity (Wildman–Crippen MR) is 103 cm³/mol. The van der Waals surface area contributed by atoms with Crippen molar-refractivity contribution in [1.29, 1.82) is 0 Å². The molecule has 2 aliphatic heterocycles. The average Bonchev–Trinajstić information content (AvgIpc) is 2.70. The zero-order valence-corrected chi connectivity index (χ0v) is 16.1. The van der Waals surface area contributed by atoms with Crippen LogP contribution in [-0.4, -0.2) is 60.1 Å². The van der Waals surface area contributed by atoms with Crippen LogP contribution in [0.2, 0.25) is 0 Å². The van der Waals surface area contributed by atoms with Crippen molar-refractivity contribution in [3.05, 3.63) is 29.8 Å². The number of likely N-dealkylation sites (N-methyl/N-ethyl adjacent to an activating group) is 1. The smallest absolute Gasteiger partial charge is 0.258 e. The van der Waals surface area contributed by atoms with E-state index in [1.165, 1.54) is 19.3 Å². The Labute approximate surface area is 160 Å². The lowest BCUT2D eigenvalue weighted by Crippen LogP contribution is -2.61. The average molecular weight is 371 g/mol. The summed E-state index contributed by atoms with van der Waals surface area (Å²) in [6, 6.07) is 7.77. The molecule has 6 heteroatoms. The fraction of sp³-hybridized carbons (Fsp3) is 0.619. The van der Waals surface area contributed by atoms with Crippen LogP contribution in [0.5, 0.6) is 5.75 Å². The van der Waals surface area contributed by atoms with Gasteiger partial charge in [-0.2, -0.15) is 0 Å². The van der Waals surface area contributed by atoms with Crippen molar-refractivity contribution in [3.63, 3.8) is 0 Å². The van der Waals surface area contributed by atoms with Crippen LogP contribution in [0.3, 0.4) is 0 Å². The quantitative estimate of drug-likeness (QED) is 0.886. The van der Waals surface area contributed by atoms with Gasteiger partial charge >= 0.3 is 0 Å². The minimum absolute atomic E-state index is 0.0709. The number of carbonyl (C=O) groups is 2. The Hall–Kier alpha value is -2.08. The zero-order valence-electron chi connectivity index (χ0n) is 16.1.